The third kappa shape index (κ3) is 4.03. The van der Waals surface area contributed by atoms with Crippen LogP contribution in [0.4, 0.5) is 4.39 Å². The van der Waals surface area contributed by atoms with Crippen LogP contribution in [-0.2, 0) is 4.79 Å². The lowest BCUT2D eigenvalue weighted by atomic mass is 10.1. The van der Waals surface area contributed by atoms with Crippen LogP contribution in [0.5, 0.6) is 0 Å². The predicted molar refractivity (Wildman–Crippen MR) is 47.3 cm³/mol. The monoisotopic (exact) mass is 187 g/mol. The molecule has 74 valence electrons. The van der Waals surface area contributed by atoms with Crippen molar-refractivity contribution in [3.05, 3.63) is 12.2 Å². The van der Waals surface area contributed by atoms with Crippen LogP contribution in [0.25, 0.3) is 0 Å². The molecule has 1 aliphatic rings. The van der Waals surface area contributed by atoms with Gasteiger partial charge in [-0.25, -0.2) is 9.18 Å². The van der Waals surface area contributed by atoms with E-state index in [9.17, 15) is 9.18 Å². The minimum atomic E-state index is -0.930. The number of likely N-dealkylation sites (tertiary alicyclic amines) is 1. The van der Waals surface area contributed by atoms with Gasteiger partial charge in [-0.15, -0.1) is 0 Å². The van der Waals surface area contributed by atoms with E-state index in [1.807, 2.05) is 0 Å². The Morgan fingerprint density at radius 1 is 1.54 bits per heavy atom. The number of rotatable bonds is 3. The standard InChI is InChI=1S/C9H14FNO2/c10-8-3-6-11(7-4-8)5-1-2-9(12)13/h1-2,8H,3-7H2,(H,12,13). The van der Waals surface area contributed by atoms with Crippen molar-refractivity contribution >= 4 is 5.97 Å². The summed E-state index contributed by atoms with van der Waals surface area (Å²) in [5.74, 6) is -0.930. The van der Waals surface area contributed by atoms with Gasteiger partial charge in [0.2, 0.25) is 0 Å². The normalized spacial score (nSPS) is 21.0. The molecular weight excluding hydrogens is 173 g/mol. The number of hydrogen-bond acceptors (Lipinski definition) is 2. The number of nitrogens with zero attached hydrogens (tertiary/aromatic N) is 1. The van der Waals surface area contributed by atoms with Crippen molar-refractivity contribution in [2.45, 2.75) is 19.0 Å². The van der Waals surface area contributed by atoms with E-state index in [1.54, 1.807) is 6.08 Å². The van der Waals surface area contributed by atoms with Gasteiger partial charge in [-0.1, -0.05) is 6.08 Å². The van der Waals surface area contributed by atoms with Crippen molar-refractivity contribution in [1.29, 1.82) is 0 Å². The Bertz CT molecular complexity index is 198. The van der Waals surface area contributed by atoms with Crippen molar-refractivity contribution in [2.24, 2.45) is 0 Å². The summed E-state index contributed by atoms with van der Waals surface area (Å²) in [4.78, 5) is 12.2. The molecule has 4 heteroatoms. The summed E-state index contributed by atoms with van der Waals surface area (Å²) >= 11 is 0. The Balaban J connectivity index is 2.19. The number of carbonyl (C=O) groups is 1. The zero-order valence-electron chi connectivity index (χ0n) is 7.45. The third-order valence-corrected chi connectivity index (χ3v) is 2.14. The average Bonchev–Trinajstić information content (AvgIpc) is 2.08. The maximum absolute atomic E-state index is 12.7. The van der Waals surface area contributed by atoms with Gasteiger partial charge in [-0.05, 0) is 12.8 Å². The van der Waals surface area contributed by atoms with Crippen LogP contribution >= 0.6 is 0 Å². The van der Waals surface area contributed by atoms with E-state index in [4.69, 9.17) is 5.11 Å². The summed E-state index contributed by atoms with van der Waals surface area (Å²) in [6.07, 6.45) is 3.20. The highest BCUT2D eigenvalue weighted by molar-refractivity contribution is 5.79. The molecule has 1 rings (SSSR count). The van der Waals surface area contributed by atoms with E-state index in [2.05, 4.69) is 4.90 Å². The van der Waals surface area contributed by atoms with E-state index >= 15 is 0 Å². The van der Waals surface area contributed by atoms with Gasteiger partial charge in [-0.3, -0.25) is 4.90 Å². The number of piperidine rings is 1. The molecule has 0 aromatic rings. The Labute approximate surface area is 76.8 Å². The summed E-state index contributed by atoms with van der Waals surface area (Å²) in [5, 5.41) is 8.32. The van der Waals surface area contributed by atoms with Gasteiger partial charge < -0.3 is 5.11 Å². The van der Waals surface area contributed by atoms with E-state index in [0.717, 1.165) is 19.2 Å². The quantitative estimate of drug-likeness (QED) is 0.672. The molecule has 0 radical (unpaired) electrons. The minimum Gasteiger partial charge on any atom is -0.478 e. The number of carboxylic acid groups (broad SMARTS) is 1. The maximum atomic E-state index is 12.7. The van der Waals surface area contributed by atoms with Gasteiger partial charge in [0.1, 0.15) is 6.17 Å². The lowest BCUT2D eigenvalue weighted by Gasteiger charge is -2.27. The van der Waals surface area contributed by atoms with Crippen molar-refractivity contribution < 1.29 is 14.3 Å². The highest BCUT2D eigenvalue weighted by Gasteiger charge is 2.16. The van der Waals surface area contributed by atoms with E-state index in [-0.39, 0.29) is 0 Å². The number of carboxylic acids is 1. The molecule has 0 unspecified atom stereocenters. The predicted octanol–water partition coefficient (Wildman–Crippen LogP) is 1.06. The minimum absolute atomic E-state index is 0.570. The first kappa shape index (κ1) is 10.2. The number of aliphatic carboxylic acids is 1. The summed E-state index contributed by atoms with van der Waals surface area (Å²) in [5.41, 5.74) is 0. The molecule has 1 aliphatic heterocycles. The second kappa shape index (κ2) is 4.97. The first-order valence-corrected chi connectivity index (χ1v) is 4.44. The first-order valence-electron chi connectivity index (χ1n) is 4.44. The Hall–Kier alpha value is -0.900. The van der Waals surface area contributed by atoms with Crippen LogP contribution in [-0.4, -0.2) is 41.8 Å². The summed E-state index contributed by atoms with van der Waals surface area (Å²) < 4.78 is 12.7. The summed E-state index contributed by atoms with van der Waals surface area (Å²) in [7, 11) is 0. The molecule has 0 amide bonds. The molecule has 13 heavy (non-hydrogen) atoms. The Morgan fingerprint density at radius 2 is 2.15 bits per heavy atom. The molecule has 0 atom stereocenters. The number of alkyl halides is 1. The topological polar surface area (TPSA) is 40.5 Å². The molecule has 0 spiro atoms. The molecule has 0 aliphatic carbocycles. The molecule has 0 aromatic heterocycles. The van der Waals surface area contributed by atoms with Gasteiger partial charge in [0.05, 0.1) is 0 Å². The van der Waals surface area contributed by atoms with Crippen LogP contribution < -0.4 is 0 Å². The van der Waals surface area contributed by atoms with Gasteiger partial charge in [0, 0.05) is 25.7 Å². The zero-order valence-corrected chi connectivity index (χ0v) is 7.45. The zero-order chi connectivity index (χ0) is 9.68. The molecule has 1 N–H and O–H groups in total. The Kier molecular flexibility index (Phi) is 3.89. The largest absolute Gasteiger partial charge is 0.478 e. The van der Waals surface area contributed by atoms with Crippen molar-refractivity contribution in [1.82, 2.24) is 4.90 Å². The number of halogens is 1. The van der Waals surface area contributed by atoms with Gasteiger partial charge >= 0.3 is 5.97 Å². The Morgan fingerprint density at radius 3 is 2.69 bits per heavy atom. The second-order valence-corrected chi connectivity index (χ2v) is 3.22. The van der Waals surface area contributed by atoms with Crippen LogP contribution in [0.2, 0.25) is 0 Å². The van der Waals surface area contributed by atoms with Gasteiger partial charge in [-0.2, -0.15) is 0 Å². The third-order valence-electron chi connectivity index (χ3n) is 2.14. The molecule has 3 nitrogen and oxygen atoms in total. The van der Waals surface area contributed by atoms with Gasteiger partial charge in [0.15, 0.2) is 0 Å². The lowest BCUT2D eigenvalue weighted by Crippen LogP contribution is -2.34. The van der Waals surface area contributed by atoms with Crippen LogP contribution in [0.15, 0.2) is 12.2 Å². The summed E-state index contributed by atoms with van der Waals surface area (Å²) in [6.45, 7) is 2.06. The number of hydrogen-bond donors (Lipinski definition) is 1. The highest BCUT2D eigenvalue weighted by Crippen LogP contribution is 2.12. The molecule has 1 fully saturated rings. The van der Waals surface area contributed by atoms with Crippen molar-refractivity contribution in [3.63, 3.8) is 0 Å². The fraction of sp³-hybridized carbons (Fsp3) is 0.667. The van der Waals surface area contributed by atoms with E-state index < -0.39 is 12.1 Å². The summed E-state index contributed by atoms with van der Waals surface area (Å²) in [6, 6.07) is 0. The molecule has 0 saturated carbocycles. The molecule has 1 heterocycles. The van der Waals surface area contributed by atoms with Gasteiger partial charge in [0.25, 0.3) is 0 Å². The van der Waals surface area contributed by atoms with E-state index in [1.165, 1.54) is 0 Å². The smallest absolute Gasteiger partial charge is 0.328 e. The van der Waals surface area contributed by atoms with E-state index in [0.29, 0.717) is 19.4 Å². The van der Waals surface area contributed by atoms with Crippen LogP contribution in [0, 0.1) is 0 Å². The van der Waals surface area contributed by atoms with Crippen LogP contribution in [0.3, 0.4) is 0 Å². The first-order chi connectivity index (χ1) is 6.18. The highest BCUT2D eigenvalue weighted by atomic mass is 19.1. The van der Waals surface area contributed by atoms with Crippen molar-refractivity contribution in [2.75, 3.05) is 19.6 Å². The fourth-order valence-corrected chi connectivity index (χ4v) is 1.39. The molecular formula is C9H14FNO2. The van der Waals surface area contributed by atoms with Crippen LogP contribution in [0.1, 0.15) is 12.8 Å². The average molecular weight is 187 g/mol. The molecule has 1 saturated heterocycles. The maximum Gasteiger partial charge on any atom is 0.328 e. The fourth-order valence-electron chi connectivity index (χ4n) is 1.39. The lowest BCUT2D eigenvalue weighted by molar-refractivity contribution is -0.131. The SMILES string of the molecule is O=C(O)C=CCN1CCC(F)CC1. The molecule has 0 bridgehead atoms. The molecule has 0 aromatic carbocycles. The van der Waals surface area contributed by atoms with Crippen molar-refractivity contribution in [3.8, 4) is 0 Å². The second-order valence-electron chi connectivity index (χ2n) is 3.22.